The summed E-state index contributed by atoms with van der Waals surface area (Å²) < 4.78 is 0. The largest absolute Gasteiger partial charge is 0.375 e. The van der Waals surface area contributed by atoms with Gasteiger partial charge in [0.15, 0.2) is 0 Å². The maximum absolute atomic E-state index is 3.67. The number of hydrogen-bond donors (Lipinski definition) is 2. The third-order valence-electron chi connectivity index (χ3n) is 1.44. The van der Waals surface area contributed by atoms with Crippen molar-refractivity contribution in [3.63, 3.8) is 0 Å². The van der Waals surface area contributed by atoms with Crippen LogP contribution in [0.5, 0.6) is 0 Å². The van der Waals surface area contributed by atoms with Crippen molar-refractivity contribution in [1.82, 2.24) is 10.4 Å². The van der Waals surface area contributed by atoms with Crippen molar-refractivity contribution in [3.8, 4) is 0 Å². The van der Waals surface area contributed by atoms with Gasteiger partial charge in [-0.05, 0) is 27.2 Å². The molecule has 0 saturated heterocycles. The predicted molar refractivity (Wildman–Crippen MR) is 63.4 cm³/mol. The molecule has 0 heterocycles. The van der Waals surface area contributed by atoms with E-state index in [2.05, 4.69) is 40.2 Å². The van der Waals surface area contributed by atoms with Crippen LogP contribution in [0.25, 0.3) is 0 Å². The van der Waals surface area contributed by atoms with E-state index in [-0.39, 0.29) is 0 Å². The lowest BCUT2D eigenvalue weighted by Crippen LogP contribution is -2.24. The molecule has 0 aromatic carbocycles. The normalized spacial score (nSPS) is 12.5. The molecular formula is C10H19N2P. The van der Waals surface area contributed by atoms with Gasteiger partial charge in [0.25, 0.3) is 0 Å². The number of nitrogens with one attached hydrogen (secondary N) is 2. The summed E-state index contributed by atoms with van der Waals surface area (Å²) in [6.07, 6.45) is 7.68. The monoisotopic (exact) mass is 198 g/mol. The molecule has 74 valence electrons. The summed E-state index contributed by atoms with van der Waals surface area (Å²) >= 11 is 0. The van der Waals surface area contributed by atoms with Crippen molar-refractivity contribution < 1.29 is 0 Å². The Kier molecular flexibility index (Phi) is 7.66. The number of hydrogen-bond acceptors (Lipinski definition) is 2. The van der Waals surface area contributed by atoms with E-state index >= 15 is 0 Å². The second-order valence-corrected chi connectivity index (χ2v) is 3.35. The second-order valence-electron chi connectivity index (χ2n) is 3.01. The summed E-state index contributed by atoms with van der Waals surface area (Å²) in [4.78, 5) is 0. The molecule has 0 radical (unpaired) electrons. The van der Waals surface area contributed by atoms with E-state index in [1.807, 2.05) is 18.4 Å². The van der Waals surface area contributed by atoms with Gasteiger partial charge >= 0.3 is 0 Å². The van der Waals surface area contributed by atoms with Gasteiger partial charge < -0.3 is 10.4 Å². The van der Waals surface area contributed by atoms with Crippen LogP contribution in [0.1, 0.15) is 13.8 Å². The van der Waals surface area contributed by atoms with Crippen LogP contribution >= 0.6 is 9.39 Å². The van der Waals surface area contributed by atoms with Crippen LogP contribution in [0.3, 0.4) is 0 Å². The molecule has 0 aromatic heterocycles. The lowest BCUT2D eigenvalue weighted by Gasteiger charge is -2.08. The van der Waals surface area contributed by atoms with Gasteiger partial charge in [-0.2, -0.15) is 0 Å². The summed E-state index contributed by atoms with van der Waals surface area (Å²) in [6.45, 7) is 8.80. The fourth-order valence-corrected chi connectivity index (χ4v) is 0.898. The van der Waals surface area contributed by atoms with Crippen LogP contribution in [0.4, 0.5) is 0 Å². The minimum absolute atomic E-state index is 0.505. The van der Waals surface area contributed by atoms with Gasteiger partial charge in [-0.15, -0.1) is 0 Å². The highest BCUT2D eigenvalue weighted by Crippen LogP contribution is 1.96. The van der Waals surface area contributed by atoms with Crippen molar-refractivity contribution in [3.05, 3.63) is 36.6 Å². The predicted octanol–water partition coefficient (Wildman–Crippen LogP) is 1.99. The van der Waals surface area contributed by atoms with Gasteiger partial charge in [-0.25, -0.2) is 0 Å². The molecule has 0 aliphatic heterocycles. The molecule has 1 atom stereocenters. The first kappa shape index (κ1) is 12.4. The van der Waals surface area contributed by atoms with Gasteiger partial charge in [0.05, 0.1) is 0 Å². The molecule has 0 rings (SSSR count). The van der Waals surface area contributed by atoms with Crippen LogP contribution in [-0.4, -0.2) is 12.6 Å². The smallest absolute Gasteiger partial charge is 0.0208 e. The maximum Gasteiger partial charge on any atom is 0.0208 e. The lowest BCUT2D eigenvalue weighted by atomic mass is 10.2. The zero-order valence-electron chi connectivity index (χ0n) is 8.38. The van der Waals surface area contributed by atoms with Crippen LogP contribution in [0.15, 0.2) is 36.6 Å². The first-order valence-electron chi connectivity index (χ1n) is 4.38. The Morgan fingerprint density at radius 1 is 1.54 bits per heavy atom. The lowest BCUT2D eigenvalue weighted by molar-refractivity contribution is 0.625. The molecule has 2 nitrogen and oxygen atoms in total. The van der Waals surface area contributed by atoms with E-state index in [9.17, 15) is 0 Å². The molecule has 13 heavy (non-hydrogen) atoms. The molecule has 0 aliphatic rings. The van der Waals surface area contributed by atoms with E-state index in [0.717, 1.165) is 6.54 Å². The van der Waals surface area contributed by atoms with Crippen molar-refractivity contribution in [2.75, 3.05) is 6.54 Å². The second kappa shape index (κ2) is 8.03. The van der Waals surface area contributed by atoms with Crippen molar-refractivity contribution in [1.29, 1.82) is 0 Å². The van der Waals surface area contributed by atoms with Crippen LogP contribution in [-0.2, 0) is 0 Å². The molecular weight excluding hydrogens is 179 g/mol. The summed E-state index contributed by atoms with van der Waals surface area (Å²) in [6, 6.07) is 0.505. The molecule has 2 N–H and O–H groups in total. The van der Waals surface area contributed by atoms with E-state index in [0.29, 0.717) is 6.04 Å². The molecule has 0 bridgehead atoms. The van der Waals surface area contributed by atoms with Gasteiger partial charge in [-0.1, -0.05) is 32.6 Å². The molecule has 0 saturated carbocycles. The van der Waals surface area contributed by atoms with Gasteiger partial charge in [-0.3, -0.25) is 0 Å². The Hall–Kier alpha value is -0.590. The number of allylic oxidation sites excluding steroid dienone is 2. The SMILES string of the molecule is C=C/C=C(\C=C/NP)CNC(C)C. The van der Waals surface area contributed by atoms with Crippen LogP contribution < -0.4 is 10.4 Å². The van der Waals surface area contributed by atoms with Gasteiger partial charge in [0, 0.05) is 12.6 Å². The minimum atomic E-state index is 0.505. The number of rotatable bonds is 6. The average Bonchev–Trinajstić information content (AvgIpc) is 2.09. The molecule has 0 amide bonds. The summed E-state index contributed by atoms with van der Waals surface area (Å²) in [5, 5.41) is 6.21. The minimum Gasteiger partial charge on any atom is -0.375 e. The highest BCUT2D eigenvalue weighted by Gasteiger charge is 1.93. The molecule has 0 spiro atoms. The fourth-order valence-electron chi connectivity index (χ4n) is 0.802. The molecule has 1 unspecified atom stereocenters. The highest BCUT2D eigenvalue weighted by atomic mass is 31.0. The standard InChI is InChI=1S/C10H19N2P/c1-4-5-10(6-7-12-13)8-11-9(2)3/h4-7,9,11-12H,1,8,13H2,2-3H3/b7-6-,10-5+. The highest BCUT2D eigenvalue weighted by molar-refractivity contribution is 7.13. The molecule has 0 aliphatic carbocycles. The Bertz CT molecular complexity index is 195. The Labute approximate surface area is 83.4 Å². The molecule has 0 aromatic rings. The third-order valence-corrected chi connectivity index (χ3v) is 1.63. The zero-order chi connectivity index (χ0) is 10.1. The first-order valence-corrected chi connectivity index (χ1v) is 4.96. The summed E-state index contributed by atoms with van der Waals surface area (Å²) in [5.41, 5.74) is 1.21. The quantitative estimate of drug-likeness (QED) is 0.504. The topological polar surface area (TPSA) is 24.1 Å². The van der Waals surface area contributed by atoms with E-state index in [4.69, 9.17) is 0 Å². The summed E-state index contributed by atoms with van der Waals surface area (Å²) in [7, 11) is 2.43. The molecule has 0 fully saturated rings. The van der Waals surface area contributed by atoms with Gasteiger partial charge in [0.2, 0.25) is 0 Å². The van der Waals surface area contributed by atoms with Crippen molar-refractivity contribution in [2.45, 2.75) is 19.9 Å². The van der Waals surface area contributed by atoms with Gasteiger partial charge in [0.1, 0.15) is 0 Å². The van der Waals surface area contributed by atoms with Crippen molar-refractivity contribution in [2.24, 2.45) is 0 Å². The Balaban J connectivity index is 4.03. The van der Waals surface area contributed by atoms with Crippen LogP contribution in [0.2, 0.25) is 0 Å². The Morgan fingerprint density at radius 2 is 2.23 bits per heavy atom. The zero-order valence-corrected chi connectivity index (χ0v) is 9.53. The first-order chi connectivity index (χ1) is 6.20. The van der Waals surface area contributed by atoms with Crippen LogP contribution in [0, 0.1) is 0 Å². The molecule has 3 heteroatoms. The maximum atomic E-state index is 3.67. The fraction of sp³-hybridized carbons (Fsp3) is 0.400. The van der Waals surface area contributed by atoms with Crippen molar-refractivity contribution >= 4 is 9.39 Å². The summed E-state index contributed by atoms with van der Waals surface area (Å²) in [5.74, 6) is 0. The third kappa shape index (κ3) is 7.76. The van der Waals surface area contributed by atoms with E-state index in [1.165, 1.54) is 5.57 Å². The van der Waals surface area contributed by atoms with E-state index in [1.54, 1.807) is 6.08 Å². The Morgan fingerprint density at radius 3 is 2.69 bits per heavy atom. The van der Waals surface area contributed by atoms with E-state index < -0.39 is 0 Å². The average molecular weight is 198 g/mol.